The first kappa shape index (κ1) is 15.7. The van der Waals surface area contributed by atoms with E-state index >= 15 is 0 Å². The molecule has 1 rings (SSSR count). The third kappa shape index (κ3) is 5.42. The second-order valence-corrected chi connectivity index (χ2v) is 5.17. The van der Waals surface area contributed by atoms with Crippen LogP contribution in [0.2, 0.25) is 0 Å². The molecule has 0 atom stereocenters. The molecule has 0 saturated carbocycles. The minimum Gasteiger partial charge on any atom is -0.370 e. The van der Waals surface area contributed by atoms with E-state index in [-0.39, 0.29) is 0 Å². The summed E-state index contributed by atoms with van der Waals surface area (Å²) in [5.74, 6) is 1.74. The van der Waals surface area contributed by atoms with Crippen LogP contribution in [-0.4, -0.2) is 46.6 Å². The zero-order chi connectivity index (χ0) is 14.3. The highest BCUT2D eigenvalue weighted by atomic mass is 15.2. The molecular formula is C14H27N5. The average Bonchev–Trinajstić information content (AvgIpc) is 2.34. The molecule has 0 saturated heterocycles. The summed E-state index contributed by atoms with van der Waals surface area (Å²) in [5.41, 5.74) is 0. The Morgan fingerprint density at radius 2 is 1.63 bits per heavy atom. The van der Waals surface area contributed by atoms with Crippen molar-refractivity contribution in [3.05, 3.63) is 12.4 Å². The Hall–Kier alpha value is -1.36. The van der Waals surface area contributed by atoms with Gasteiger partial charge in [0, 0.05) is 37.8 Å². The Morgan fingerprint density at radius 1 is 1.05 bits per heavy atom. The molecule has 0 amide bonds. The van der Waals surface area contributed by atoms with Crippen LogP contribution in [0.4, 0.5) is 11.6 Å². The first-order valence-electron chi connectivity index (χ1n) is 7.10. The number of nitrogens with zero attached hydrogens (tertiary/aromatic N) is 3. The van der Waals surface area contributed by atoms with Crippen LogP contribution < -0.4 is 10.6 Å². The van der Waals surface area contributed by atoms with Crippen molar-refractivity contribution in [2.24, 2.45) is 0 Å². The van der Waals surface area contributed by atoms with E-state index in [2.05, 4.69) is 60.1 Å². The van der Waals surface area contributed by atoms with Crippen molar-refractivity contribution in [2.75, 3.05) is 30.3 Å². The van der Waals surface area contributed by atoms with Gasteiger partial charge in [0.15, 0.2) is 0 Å². The zero-order valence-electron chi connectivity index (χ0n) is 12.8. The Balaban J connectivity index is 2.45. The lowest BCUT2D eigenvalue weighted by Crippen LogP contribution is -2.40. The lowest BCUT2D eigenvalue weighted by molar-refractivity contribution is 0.182. The van der Waals surface area contributed by atoms with E-state index in [4.69, 9.17) is 0 Å². The van der Waals surface area contributed by atoms with E-state index in [1.807, 2.05) is 6.07 Å². The number of hydrogen-bond acceptors (Lipinski definition) is 5. The summed E-state index contributed by atoms with van der Waals surface area (Å²) in [6, 6.07) is 3.06. The molecule has 0 spiro atoms. The smallest absolute Gasteiger partial charge is 0.131 e. The minimum atomic E-state index is 0.560. The van der Waals surface area contributed by atoms with E-state index in [1.165, 1.54) is 0 Å². The maximum Gasteiger partial charge on any atom is 0.131 e. The number of anilines is 2. The fraction of sp³-hybridized carbons (Fsp3) is 0.714. The van der Waals surface area contributed by atoms with Crippen molar-refractivity contribution in [1.29, 1.82) is 0 Å². The largest absolute Gasteiger partial charge is 0.370 e. The SMILES string of the molecule is CCNc1cc(NCCN(C(C)C)C(C)C)ncn1. The monoisotopic (exact) mass is 265 g/mol. The second kappa shape index (κ2) is 7.94. The molecule has 0 aromatic carbocycles. The van der Waals surface area contributed by atoms with E-state index < -0.39 is 0 Å². The Morgan fingerprint density at radius 3 is 2.16 bits per heavy atom. The quantitative estimate of drug-likeness (QED) is 0.756. The third-order valence-corrected chi connectivity index (χ3v) is 3.03. The number of nitrogens with one attached hydrogen (secondary N) is 2. The van der Waals surface area contributed by atoms with Crippen molar-refractivity contribution < 1.29 is 0 Å². The van der Waals surface area contributed by atoms with E-state index in [1.54, 1.807) is 6.33 Å². The molecule has 1 aromatic rings. The van der Waals surface area contributed by atoms with Gasteiger partial charge in [-0.3, -0.25) is 4.90 Å². The molecule has 5 heteroatoms. The topological polar surface area (TPSA) is 53.1 Å². The van der Waals surface area contributed by atoms with Gasteiger partial charge >= 0.3 is 0 Å². The molecule has 0 aliphatic rings. The van der Waals surface area contributed by atoms with Crippen LogP contribution in [-0.2, 0) is 0 Å². The van der Waals surface area contributed by atoms with Gasteiger partial charge in [-0.05, 0) is 34.6 Å². The fourth-order valence-corrected chi connectivity index (χ4v) is 2.16. The van der Waals surface area contributed by atoms with E-state index in [9.17, 15) is 0 Å². The standard InChI is InChI=1S/C14H27N5/c1-6-15-13-9-14(18-10-17-13)16-7-8-19(11(2)3)12(4)5/h9-12H,6-8H2,1-5H3,(H2,15,16,17,18). The summed E-state index contributed by atoms with van der Waals surface area (Å²) in [6.45, 7) is 13.7. The van der Waals surface area contributed by atoms with Gasteiger partial charge in [-0.15, -0.1) is 0 Å². The van der Waals surface area contributed by atoms with Crippen molar-refractivity contribution in [3.63, 3.8) is 0 Å². The molecule has 0 unspecified atom stereocenters. The van der Waals surface area contributed by atoms with Gasteiger partial charge in [-0.1, -0.05) is 0 Å². The van der Waals surface area contributed by atoms with Gasteiger partial charge < -0.3 is 10.6 Å². The van der Waals surface area contributed by atoms with Crippen LogP contribution in [0.1, 0.15) is 34.6 Å². The second-order valence-electron chi connectivity index (χ2n) is 5.17. The van der Waals surface area contributed by atoms with Crippen molar-refractivity contribution >= 4 is 11.6 Å². The molecule has 1 aromatic heterocycles. The third-order valence-electron chi connectivity index (χ3n) is 3.03. The van der Waals surface area contributed by atoms with Crippen LogP contribution in [0.15, 0.2) is 12.4 Å². The zero-order valence-corrected chi connectivity index (χ0v) is 12.8. The van der Waals surface area contributed by atoms with Gasteiger partial charge in [0.1, 0.15) is 18.0 Å². The molecule has 0 fully saturated rings. The summed E-state index contributed by atoms with van der Waals surface area (Å²) in [6.07, 6.45) is 1.59. The molecule has 1 heterocycles. The van der Waals surface area contributed by atoms with Crippen LogP contribution in [0.3, 0.4) is 0 Å². The van der Waals surface area contributed by atoms with Gasteiger partial charge in [-0.2, -0.15) is 0 Å². The Kier molecular flexibility index (Phi) is 6.56. The highest BCUT2D eigenvalue weighted by molar-refractivity contribution is 5.46. The first-order chi connectivity index (χ1) is 9.04. The molecule has 5 nitrogen and oxygen atoms in total. The highest BCUT2D eigenvalue weighted by Gasteiger charge is 2.12. The molecule has 108 valence electrons. The van der Waals surface area contributed by atoms with Crippen LogP contribution in [0, 0.1) is 0 Å². The highest BCUT2D eigenvalue weighted by Crippen LogP contribution is 2.09. The molecule has 2 N–H and O–H groups in total. The van der Waals surface area contributed by atoms with Gasteiger partial charge in [-0.25, -0.2) is 9.97 Å². The van der Waals surface area contributed by atoms with E-state index in [0.29, 0.717) is 12.1 Å². The molecule has 0 aliphatic heterocycles. The van der Waals surface area contributed by atoms with Gasteiger partial charge in [0.05, 0.1) is 0 Å². The molecular weight excluding hydrogens is 238 g/mol. The van der Waals surface area contributed by atoms with Crippen LogP contribution in [0.5, 0.6) is 0 Å². The molecule has 0 aliphatic carbocycles. The molecule has 0 bridgehead atoms. The normalized spacial score (nSPS) is 11.4. The fourth-order valence-electron chi connectivity index (χ4n) is 2.16. The van der Waals surface area contributed by atoms with Crippen LogP contribution in [0.25, 0.3) is 0 Å². The summed E-state index contributed by atoms with van der Waals surface area (Å²) >= 11 is 0. The summed E-state index contributed by atoms with van der Waals surface area (Å²) in [4.78, 5) is 10.8. The van der Waals surface area contributed by atoms with Gasteiger partial charge in [0.25, 0.3) is 0 Å². The molecule has 19 heavy (non-hydrogen) atoms. The Bertz CT molecular complexity index is 357. The van der Waals surface area contributed by atoms with Crippen LogP contribution >= 0.6 is 0 Å². The first-order valence-corrected chi connectivity index (χ1v) is 7.10. The lowest BCUT2D eigenvalue weighted by atomic mass is 10.2. The summed E-state index contributed by atoms with van der Waals surface area (Å²) < 4.78 is 0. The van der Waals surface area contributed by atoms with E-state index in [0.717, 1.165) is 31.3 Å². The number of hydrogen-bond donors (Lipinski definition) is 2. The summed E-state index contributed by atoms with van der Waals surface area (Å²) in [5, 5.41) is 6.53. The predicted molar refractivity (Wildman–Crippen MR) is 81.7 cm³/mol. The van der Waals surface area contributed by atoms with Crippen molar-refractivity contribution in [2.45, 2.75) is 46.7 Å². The van der Waals surface area contributed by atoms with Crippen molar-refractivity contribution in [1.82, 2.24) is 14.9 Å². The number of aromatic nitrogens is 2. The van der Waals surface area contributed by atoms with Crippen molar-refractivity contribution in [3.8, 4) is 0 Å². The Labute approximate surface area is 116 Å². The van der Waals surface area contributed by atoms with Gasteiger partial charge in [0.2, 0.25) is 0 Å². The maximum atomic E-state index is 4.23. The number of rotatable bonds is 8. The lowest BCUT2D eigenvalue weighted by Gasteiger charge is -2.30. The summed E-state index contributed by atoms with van der Waals surface area (Å²) in [7, 11) is 0. The maximum absolute atomic E-state index is 4.23. The minimum absolute atomic E-state index is 0.560. The molecule has 0 radical (unpaired) electrons. The average molecular weight is 265 g/mol. The predicted octanol–water partition coefficient (Wildman–Crippen LogP) is 2.44.